The molecule has 0 aliphatic rings. The van der Waals surface area contributed by atoms with E-state index < -0.39 is 12.0 Å². The zero-order valence-electron chi connectivity index (χ0n) is 11.5. The van der Waals surface area contributed by atoms with Gasteiger partial charge in [0.05, 0.1) is 12.8 Å². The topological polar surface area (TPSA) is 71.5 Å². The molecule has 1 heterocycles. The third-order valence-corrected chi connectivity index (χ3v) is 3.66. The van der Waals surface area contributed by atoms with Gasteiger partial charge in [0.25, 0.3) is 5.91 Å². The molecule has 1 amide bonds. The Morgan fingerprint density at radius 3 is 2.60 bits per heavy atom. The van der Waals surface area contributed by atoms with Crippen molar-refractivity contribution in [1.82, 2.24) is 4.98 Å². The first-order valence-corrected chi connectivity index (χ1v) is 6.93. The van der Waals surface area contributed by atoms with Gasteiger partial charge in [-0.05, 0) is 38.1 Å². The Kier molecular flexibility index (Phi) is 4.36. The van der Waals surface area contributed by atoms with Crippen LogP contribution >= 0.6 is 11.3 Å². The van der Waals surface area contributed by atoms with Gasteiger partial charge in [0.15, 0.2) is 5.13 Å². The quantitative estimate of drug-likeness (QED) is 0.908. The van der Waals surface area contributed by atoms with Gasteiger partial charge in [0.2, 0.25) is 0 Å². The average Bonchev–Trinajstić information content (AvgIpc) is 2.79. The molecule has 1 aromatic carbocycles. The second kappa shape index (κ2) is 6.02. The number of anilines is 1. The molecule has 1 aromatic heterocycles. The first-order chi connectivity index (χ1) is 9.51. The lowest BCUT2D eigenvalue weighted by atomic mass is 10.1. The van der Waals surface area contributed by atoms with Crippen molar-refractivity contribution in [1.29, 1.82) is 0 Å². The second-order valence-corrected chi connectivity index (χ2v) is 5.52. The zero-order chi connectivity index (χ0) is 14.7. The van der Waals surface area contributed by atoms with Gasteiger partial charge in [-0.2, -0.15) is 0 Å². The summed E-state index contributed by atoms with van der Waals surface area (Å²) in [6, 6.07) is 7.56. The number of hydrogen-bond acceptors (Lipinski definition) is 5. The Bertz CT molecular complexity index is 605. The monoisotopic (exact) mass is 292 g/mol. The van der Waals surface area contributed by atoms with E-state index in [4.69, 9.17) is 4.74 Å². The van der Waals surface area contributed by atoms with E-state index in [0.29, 0.717) is 5.13 Å². The fourth-order valence-electron chi connectivity index (χ4n) is 1.68. The number of nitrogens with one attached hydrogen (secondary N) is 1. The van der Waals surface area contributed by atoms with Gasteiger partial charge in [-0.25, -0.2) is 4.98 Å². The van der Waals surface area contributed by atoms with E-state index in [1.54, 1.807) is 7.11 Å². The van der Waals surface area contributed by atoms with Crippen molar-refractivity contribution < 1.29 is 14.6 Å². The van der Waals surface area contributed by atoms with Crippen LogP contribution in [0.5, 0.6) is 5.75 Å². The number of thiazole rings is 1. The number of rotatable bonds is 4. The van der Waals surface area contributed by atoms with Crippen molar-refractivity contribution >= 4 is 22.4 Å². The summed E-state index contributed by atoms with van der Waals surface area (Å²) in [6.07, 6.45) is -1.05. The lowest BCUT2D eigenvalue weighted by Gasteiger charge is -2.03. The van der Waals surface area contributed by atoms with Crippen LogP contribution in [0, 0.1) is 6.92 Å². The number of aliphatic hydroxyl groups excluding tert-OH is 1. The molecule has 2 rings (SSSR count). The van der Waals surface area contributed by atoms with E-state index in [-0.39, 0.29) is 0 Å². The van der Waals surface area contributed by atoms with Crippen LogP contribution in [-0.2, 0) is 4.79 Å². The number of carbonyl (C=O) groups is 1. The molecular formula is C14H16N2O3S. The zero-order valence-corrected chi connectivity index (χ0v) is 12.3. The number of hydrogen-bond donors (Lipinski definition) is 2. The number of benzene rings is 1. The number of nitrogens with zero attached hydrogens (tertiary/aromatic N) is 1. The molecule has 5 nitrogen and oxygen atoms in total. The number of aliphatic hydroxyl groups is 1. The summed E-state index contributed by atoms with van der Waals surface area (Å²) < 4.78 is 5.12. The van der Waals surface area contributed by atoms with E-state index in [0.717, 1.165) is 21.9 Å². The van der Waals surface area contributed by atoms with Gasteiger partial charge in [-0.15, -0.1) is 11.3 Å². The van der Waals surface area contributed by atoms with Gasteiger partial charge in [-0.3, -0.25) is 10.1 Å². The van der Waals surface area contributed by atoms with Crippen LogP contribution < -0.4 is 10.1 Å². The summed E-state index contributed by atoms with van der Waals surface area (Å²) in [5, 5.41) is 12.3. The number of methoxy groups -OCH3 is 1. The molecule has 0 fully saturated rings. The number of aryl methyl sites for hydroxylation is 1. The van der Waals surface area contributed by atoms with Crippen molar-refractivity contribution in [2.45, 2.75) is 20.0 Å². The predicted molar refractivity (Wildman–Crippen MR) is 79.1 cm³/mol. The minimum absolute atomic E-state index is 0.458. The Balaban J connectivity index is 2.24. The Hall–Kier alpha value is -1.92. The van der Waals surface area contributed by atoms with Crippen LogP contribution in [-0.4, -0.2) is 29.2 Å². The highest BCUT2D eigenvalue weighted by Gasteiger charge is 2.14. The van der Waals surface area contributed by atoms with Crippen LogP contribution in [0.1, 0.15) is 11.8 Å². The largest absolute Gasteiger partial charge is 0.497 e. The molecule has 2 aromatic rings. The molecule has 0 saturated carbocycles. The Morgan fingerprint density at radius 2 is 2.05 bits per heavy atom. The fourth-order valence-corrected chi connectivity index (χ4v) is 2.52. The molecule has 0 aliphatic heterocycles. The number of ether oxygens (including phenoxy) is 1. The minimum atomic E-state index is -1.05. The second-order valence-electron chi connectivity index (χ2n) is 4.32. The molecule has 1 atom stereocenters. The Labute approximate surface area is 121 Å². The van der Waals surface area contributed by atoms with Crippen molar-refractivity contribution in [3.8, 4) is 17.0 Å². The van der Waals surface area contributed by atoms with E-state index >= 15 is 0 Å². The molecule has 20 heavy (non-hydrogen) atoms. The van der Waals surface area contributed by atoms with Gasteiger partial charge >= 0.3 is 0 Å². The van der Waals surface area contributed by atoms with Crippen molar-refractivity contribution in [3.05, 3.63) is 29.1 Å². The van der Waals surface area contributed by atoms with Crippen LogP contribution in [0.25, 0.3) is 11.3 Å². The number of amides is 1. The molecule has 1 unspecified atom stereocenters. The summed E-state index contributed by atoms with van der Waals surface area (Å²) in [5.74, 6) is 0.323. The summed E-state index contributed by atoms with van der Waals surface area (Å²) in [5.41, 5.74) is 1.77. The molecule has 0 radical (unpaired) electrons. The van der Waals surface area contributed by atoms with Gasteiger partial charge in [0.1, 0.15) is 11.9 Å². The minimum Gasteiger partial charge on any atom is -0.497 e. The molecule has 0 bridgehead atoms. The highest BCUT2D eigenvalue weighted by atomic mass is 32.1. The molecule has 106 valence electrons. The molecular weight excluding hydrogens is 276 g/mol. The van der Waals surface area contributed by atoms with Crippen molar-refractivity contribution in [3.63, 3.8) is 0 Å². The molecule has 0 aliphatic carbocycles. The first-order valence-electron chi connectivity index (χ1n) is 6.12. The van der Waals surface area contributed by atoms with Crippen LogP contribution in [0.15, 0.2) is 24.3 Å². The molecule has 0 saturated heterocycles. The highest BCUT2D eigenvalue weighted by molar-refractivity contribution is 7.16. The van der Waals surface area contributed by atoms with Gasteiger partial charge in [-0.1, -0.05) is 0 Å². The lowest BCUT2D eigenvalue weighted by molar-refractivity contribution is -0.123. The normalized spacial score (nSPS) is 12.0. The third kappa shape index (κ3) is 3.15. The standard InChI is InChI=1S/C14H16N2O3S/c1-8(17)13(18)16-14-15-12(9(2)20-14)10-4-6-11(19-3)7-5-10/h4-8,17H,1-3H3,(H,15,16,18). The lowest BCUT2D eigenvalue weighted by Crippen LogP contribution is -2.24. The van der Waals surface area contributed by atoms with Crippen LogP contribution in [0.3, 0.4) is 0 Å². The number of aromatic nitrogens is 1. The molecule has 2 N–H and O–H groups in total. The summed E-state index contributed by atoms with van der Waals surface area (Å²) in [4.78, 5) is 16.8. The maximum atomic E-state index is 11.4. The van der Waals surface area contributed by atoms with E-state index in [9.17, 15) is 9.90 Å². The maximum Gasteiger partial charge on any atom is 0.254 e. The first kappa shape index (κ1) is 14.5. The van der Waals surface area contributed by atoms with Crippen LogP contribution in [0.4, 0.5) is 5.13 Å². The summed E-state index contributed by atoms with van der Waals surface area (Å²) in [7, 11) is 1.62. The summed E-state index contributed by atoms with van der Waals surface area (Å²) >= 11 is 1.38. The molecule has 0 spiro atoms. The Morgan fingerprint density at radius 1 is 1.40 bits per heavy atom. The third-order valence-electron chi connectivity index (χ3n) is 2.77. The van der Waals surface area contributed by atoms with Crippen molar-refractivity contribution in [2.24, 2.45) is 0 Å². The van der Waals surface area contributed by atoms with Crippen LogP contribution in [0.2, 0.25) is 0 Å². The van der Waals surface area contributed by atoms with E-state index in [2.05, 4.69) is 10.3 Å². The van der Waals surface area contributed by atoms with Gasteiger partial charge < -0.3 is 9.84 Å². The number of carbonyl (C=O) groups excluding carboxylic acids is 1. The molecule has 6 heteroatoms. The maximum absolute atomic E-state index is 11.4. The predicted octanol–water partition coefficient (Wildman–Crippen LogP) is 2.45. The average molecular weight is 292 g/mol. The fraction of sp³-hybridized carbons (Fsp3) is 0.286. The SMILES string of the molecule is COc1ccc(-c2nc(NC(=O)C(C)O)sc2C)cc1. The van der Waals surface area contributed by atoms with E-state index in [1.807, 2.05) is 31.2 Å². The summed E-state index contributed by atoms with van der Waals surface area (Å²) in [6.45, 7) is 3.36. The highest BCUT2D eigenvalue weighted by Crippen LogP contribution is 2.31. The van der Waals surface area contributed by atoms with E-state index in [1.165, 1.54) is 18.3 Å². The van der Waals surface area contributed by atoms with Gasteiger partial charge in [0, 0.05) is 10.4 Å². The van der Waals surface area contributed by atoms with Crippen molar-refractivity contribution in [2.75, 3.05) is 12.4 Å². The smallest absolute Gasteiger partial charge is 0.254 e.